The monoisotopic (exact) mass is 184 g/mol. The summed E-state index contributed by atoms with van der Waals surface area (Å²) < 4.78 is 9.51. The molecule has 1 atom stereocenters. The molecule has 0 amide bonds. The largest absolute Gasteiger partial charge is 0.421 e. The second-order valence-electron chi connectivity index (χ2n) is 3.82. The Bertz CT molecular complexity index is 259. The van der Waals surface area contributed by atoms with E-state index in [1.807, 2.05) is 0 Å². The minimum atomic E-state index is -0.848. The molecular formula is C9H12O4. The van der Waals surface area contributed by atoms with E-state index in [0.29, 0.717) is 0 Å². The van der Waals surface area contributed by atoms with Crippen molar-refractivity contribution in [2.45, 2.75) is 27.1 Å². The Morgan fingerprint density at radius 1 is 1.54 bits per heavy atom. The summed E-state index contributed by atoms with van der Waals surface area (Å²) in [6, 6.07) is 0. The van der Waals surface area contributed by atoms with E-state index >= 15 is 0 Å². The molecule has 0 spiro atoms. The first kappa shape index (κ1) is 9.77. The number of hydrogen-bond acceptors (Lipinski definition) is 4. The Morgan fingerprint density at radius 3 is 2.54 bits per heavy atom. The van der Waals surface area contributed by atoms with Crippen molar-refractivity contribution in [3.63, 3.8) is 0 Å². The van der Waals surface area contributed by atoms with Crippen LogP contribution in [0.1, 0.15) is 20.8 Å². The fourth-order valence-corrected chi connectivity index (χ4v) is 0.696. The van der Waals surface area contributed by atoms with Crippen LogP contribution in [0.3, 0.4) is 0 Å². The maximum Gasteiger partial charge on any atom is 0.334 e. The molecule has 0 bridgehead atoms. The fraction of sp³-hybridized carbons (Fsp3) is 0.556. The Labute approximate surface area is 76.5 Å². The van der Waals surface area contributed by atoms with Gasteiger partial charge in [0.15, 0.2) is 0 Å². The second kappa shape index (κ2) is 3.20. The molecule has 4 nitrogen and oxygen atoms in total. The lowest BCUT2D eigenvalue weighted by Gasteiger charge is -2.18. The van der Waals surface area contributed by atoms with Gasteiger partial charge in [0.2, 0.25) is 0 Å². The van der Waals surface area contributed by atoms with Gasteiger partial charge in [0, 0.05) is 12.2 Å². The topological polar surface area (TPSA) is 52.6 Å². The maximum atomic E-state index is 11.3. The molecule has 1 unspecified atom stereocenters. The highest BCUT2D eigenvalue weighted by molar-refractivity contribution is 5.84. The van der Waals surface area contributed by atoms with E-state index in [-0.39, 0.29) is 0 Å². The van der Waals surface area contributed by atoms with Crippen LogP contribution < -0.4 is 0 Å². The second-order valence-corrected chi connectivity index (χ2v) is 3.82. The van der Waals surface area contributed by atoms with E-state index in [0.717, 1.165) is 0 Å². The van der Waals surface area contributed by atoms with Crippen molar-refractivity contribution >= 4 is 11.9 Å². The Morgan fingerprint density at radius 2 is 2.15 bits per heavy atom. The van der Waals surface area contributed by atoms with Gasteiger partial charge in [-0.2, -0.15) is 0 Å². The molecule has 0 N–H and O–H groups in total. The molecule has 0 saturated heterocycles. The molecule has 0 aliphatic carbocycles. The first-order valence-corrected chi connectivity index (χ1v) is 3.99. The molecule has 0 radical (unpaired) electrons. The molecule has 72 valence electrons. The molecule has 1 aliphatic heterocycles. The zero-order valence-electron chi connectivity index (χ0n) is 7.87. The highest BCUT2D eigenvalue weighted by atomic mass is 16.7. The molecule has 0 saturated carbocycles. The number of hydrogen-bond donors (Lipinski definition) is 0. The quantitative estimate of drug-likeness (QED) is 0.571. The Hall–Kier alpha value is -1.32. The maximum absolute atomic E-state index is 11.3. The van der Waals surface area contributed by atoms with E-state index in [1.165, 1.54) is 12.2 Å². The number of carbonyl (C=O) groups is 2. The lowest BCUT2D eigenvalue weighted by atomic mass is 9.97. The van der Waals surface area contributed by atoms with Crippen LogP contribution in [0, 0.1) is 5.41 Å². The van der Waals surface area contributed by atoms with E-state index < -0.39 is 23.6 Å². The van der Waals surface area contributed by atoms with Gasteiger partial charge in [-0.25, -0.2) is 4.79 Å². The minimum absolute atomic E-state index is 0.392. The van der Waals surface area contributed by atoms with Crippen molar-refractivity contribution in [3.8, 4) is 0 Å². The van der Waals surface area contributed by atoms with Crippen LogP contribution in [0.4, 0.5) is 0 Å². The number of esters is 2. The van der Waals surface area contributed by atoms with Crippen molar-refractivity contribution in [3.05, 3.63) is 12.2 Å². The number of carbonyl (C=O) groups excluding carboxylic acids is 2. The van der Waals surface area contributed by atoms with E-state index in [1.54, 1.807) is 20.8 Å². The van der Waals surface area contributed by atoms with Crippen molar-refractivity contribution in [2.24, 2.45) is 5.41 Å². The summed E-state index contributed by atoms with van der Waals surface area (Å²) in [5.41, 5.74) is -0.581. The summed E-state index contributed by atoms with van der Waals surface area (Å²) >= 11 is 0. The van der Waals surface area contributed by atoms with Crippen LogP contribution >= 0.6 is 0 Å². The summed E-state index contributed by atoms with van der Waals surface area (Å²) in [5, 5.41) is 0. The molecule has 13 heavy (non-hydrogen) atoms. The Balaban J connectivity index is 2.47. The van der Waals surface area contributed by atoms with Gasteiger partial charge >= 0.3 is 11.9 Å². The first-order valence-electron chi connectivity index (χ1n) is 3.99. The average Bonchev–Trinajstić information content (AvgIpc) is 2.33. The smallest absolute Gasteiger partial charge is 0.334 e. The molecule has 4 heteroatoms. The van der Waals surface area contributed by atoms with Crippen molar-refractivity contribution in [2.75, 3.05) is 0 Å². The minimum Gasteiger partial charge on any atom is -0.421 e. The van der Waals surface area contributed by atoms with E-state index in [9.17, 15) is 9.59 Å². The van der Waals surface area contributed by atoms with Crippen molar-refractivity contribution in [1.29, 1.82) is 0 Å². The predicted molar refractivity (Wildman–Crippen MR) is 44.6 cm³/mol. The molecule has 1 aliphatic rings. The van der Waals surface area contributed by atoms with Crippen molar-refractivity contribution in [1.82, 2.24) is 0 Å². The first-order chi connectivity index (χ1) is 5.89. The zero-order valence-corrected chi connectivity index (χ0v) is 7.87. The van der Waals surface area contributed by atoms with Gasteiger partial charge in [-0.3, -0.25) is 4.79 Å². The molecular weight excluding hydrogens is 172 g/mol. The fourth-order valence-electron chi connectivity index (χ4n) is 0.696. The average molecular weight is 184 g/mol. The normalized spacial score (nSPS) is 21.5. The highest BCUT2D eigenvalue weighted by Gasteiger charge is 2.28. The third-order valence-corrected chi connectivity index (χ3v) is 1.46. The summed E-state index contributed by atoms with van der Waals surface area (Å²) in [7, 11) is 0. The third kappa shape index (κ3) is 2.57. The van der Waals surface area contributed by atoms with E-state index in [4.69, 9.17) is 4.74 Å². The molecule has 1 heterocycles. The van der Waals surface area contributed by atoms with Gasteiger partial charge in [-0.15, -0.1) is 0 Å². The molecule has 0 aromatic carbocycles. The van der Waals surface area contributed by atoms with Gasteiger partial charge in [0.25, 0.3) is 6.29 Å². The van der Waals surface area contributed by atoms with Gasteiger partial charge in [-0.05, 0) is 20.8 Å². The summed E-state index contributed by atoms with van der Waals surface area (Å²) in [6.45, 7) is 5.20. The summed E-state index contributed by atoms with van der Waals surface area (Å²) in [4.78, 5) is 21.9. The number of rotatable bonds is 1. The van der Waals surface area contributed by atoms with Crippen LogP contribution in [0.5, 0.6) is 0 Å². The van der Waals surface area contributed by atoms with Crippen LogP contribution in [-0.4, -0.2) is 18.2 Å². The zero-order chi connectivity index (χ0) is 10.1. The highest BCUT2D eigenvalue weighted by Crippen LogP contribution is 2.18. The lowest BCUT2D eigenvalue weighted by Crippen LogP contribution is -2.27. The van der Waals surface area contributed by atoms with Crippen molar-refractivity contribution < 1.29 is 19.1 Å². The standard InChI is InChI=1S/C9H12O4/c1-9(2,3)8(11)13-7-5-4-6(10)12-7/h4-5,7H,1-3H3. The third-order valence-electron chi connectivity index (χ3n) is 1.46. The number of cyclic esters (lactones) is 1. The van der Waals surface area contributed by atoms with Crippen LogP contribution in [0.25, 0.3) is 0 Å². The van der Waals surface area contributed by atoms with E-state index in [2.05, 4.69) is 4.74 Å². The number of ether oxygens (including phenoxy) is 2. The predicted octanol–water partition coefficient (Wildman–Crippen LogP) is 1.01. The molecule has 0 fully saturated rings. The van der Waals surface area contributed by atoms with Crippen LogP contribution in [0.15, 0.2) is 12.2 Å². The molecule has 1 rings (SSSR count). The lowest BCUT2D eigenvalue weighted by molar-refractivity contribution is -0.179. The Kier molecular flexibility index (Phi) is 2.40. The molecule has 0 aromatic heterocycles. The van der Waals surface area contributed by atoms with Gasteiger partial charge in [0.05, 0.1) is 5.41 Å². The van der Waals surface area contributed by atoms with Gasteiger partial charge in [0.1, 0.15) is 0 Å². The van der Waals surface area contributed by atoms with Crippen LogP contribution in [0.2, 0.25) is 0 Å². The van der Waals surface area contributed by atoms with Gasteiger partial charge < -0.3 is 9.47 Å². The summed E-state index contributed by atoms with van der Waals surface area (Å²) in [5.74, 6) is -0.872. The SMILES string of the molecule is CC(C)(C)C(=O)OC1C=CC(=O)O1. The summed E-state index contributed by atoms with van der Waals surface area (Å²) in [6.07, 6.45) is 1.80. The van der Waals surface area contributed by atoms with Crippen LogP contribution in [-0.2, 0) is 19.1 Å². The van der Waals surface area contributed by atoms with Gasteiger partial charge in [-0.1, -0.05) is 0 Å². The molecule has 0 aromatic rings.